The summed E-state index contributed by atoms with van der Waals surface area (Å²) in [6.07, 6.45) is 6.65. The summed E-state index contributed by atoms with van der Waals surface area (Å²) < 4.78 is 13.5. The molecule has 19 heavy (non-hydrogen) atoms. The van der Waals surface area contributed by atoms with Gasteiger partial charge in [0, 0.05) is 15.8 Å². The van der Waals surface area contributed by atoms with Crippen molar-refractivity contribution in [3.8, 4) is 0 Å². The summed E-state index contributed by atoms with van der Waals surface area (Å²) in [4.78, 5) is 12.2. The van der Waals surface area contributed by atoms with E-state index in [2.05, 4.69) is 27.5 Å². The van der Waals surface area contributed by atoms with E-state index in [1.807, 2.05) is 11.8 Å². The van der Waals surface area contributed by atoms with E-state index in [1.165, 1.54) is 24.6 Å². The number of nitrogens with one attached hydrogen (secondary N) is 1. The minimum Gasteiger partial charge on any atom is -0.348 e. The molecule has 0 radical (unpaired) electrons. The maximum absolute atomic E-state index is 13.0. The number of hydrogen-bond acceptors (Lipinski definition) is 2. The summed E-state index contributed by atoms with van der Waals surface area (Å²) in [5.41, 5.74) is 0.492. The molecule has 2 atom stereocenters. The van der Waals surface area contributed by atoms with Crippen molar-refractivity contribution in [1.82, 2.24) is 5.32 Å². The fourth-order valence-corrected chi connectivity index (χ4v) is 3.93. The van der Waals surface area contributed by atoms with Crippen LogP contribution in [0.1, 0.15) is 36.0 Å². The Morgan fingerprint density at radius 1 is 1.42 bits per heavy atom. The predicted molar refractivity (Wildman–Crippen MR) is 81.1 cm³/mol. The average Bonchev–Trinajstić information content (AvgIpc) is 2.39. The van der Waals surface area contributed by atoms with Crippen LogP contribution in [-0.4, -0.2) is 23.5 Å². The second-order valence-electron chi connectivity index (χ2n) is 4.76. The summed E-state index contributed by atoms with van der Waals surface area (Å²) >= 11 is 5.05. The van der Waals surface area contributed by atoms with Crippen LogP contribution in [0.15, 0.2) is 22.7 Å². The van der Waals surface area contributed by atoms with Gasteiger partial charge in [0.05, 0.1) is 5.56 Å². The molecule has 0 bridgehead atoms. The van der Waals surface area contributed by atoms with Gasteiger partial charge in [-0.15, -0.1) is 0 Å². The molecule has 2 nitrogen and oxygen atoms in total. The van der Waals surface area contributed by atoms with Crippen LogP contribution in [0.4, 0.5) is 4.39 Å². The van der Waals surface area contributed by atoms with Gasteiger partial charge in [0.1, 0.15) is 5.82 Å². The molecule has 0 aliphatic heterocycles. The van der Waals surface area contributed by atoms with E-state index in [9.17, 15) is 9.18 Å². The monoisotopic (exact) mass is 345 g/mol. The molecule has 5 heteroatoms. The maximum Gasteiger partial charge on any atom is 0.252 e. The molecule has 0 saturated heterocycles. The summed E-state index contributed by atoms with van der Waals surface area (Å²) in [5.74, 6) is -0.471. The lowest BCUT2D eigenvalue weighted by molar-refractivity contribution is 0.0928. The van der Waals surface area contributed by atoms with Crippen molar-refractivity contribution < 1.29 is 9.18 Å². The Kier molecular flexibility index (Phi) is 5.28. The van der Waals surface area contributed by atoms with Gasteiger partial charge >= 0.3 is 0 Å². The Balaban J connectivity index is 2.07. The predicted octanol–water partition coefficient (Wildman–Crippen LogP) is 3.99. The Morgan fingerprint density at radius 3 is 2.84 bits per heavy atom. The second kappa shape index (κ2) is 6.75. The number of thioether (sulfide) groups is 1. The minimum atomic E-state index is -0.344. The van der Waals surface area contributed by atoms with Gasteiger partial charge in [-0.2, -0.15) is 11.8 Å². The SMILES string of the molecule is CSC1CCCCC1NC(=O)c1ccc(F)cc1Br. The lowest BCUT2D eigenvalue weighted by Gasteiger charge is -2.31. The number of halogens is 2. The highest BCUT2D eigenvalue weighted by Crippen LogP contribution is 2.28. The molecule has 0 spiro atoms. The van der Waals surface area contributed by atoms with Gasteiger partial charge in [-0.3, -0.25) is 4.79 Å². The zero-order valence-electron chi connectivity index (χ0n) is 10.8. The van der Waals surface area contributed by atoms with Crippen LogP contribution in [0.2, 0.25) is 0 Å². The first-order valence-electron chi connectivity index (χ1n) is 6.40. The van der Waals surface area contributed by atoms with Crippen molar-refractivity contribution >= 4 is 33.6 Å². The van der Waals surface area contributed by atoms with Crippen LogP contribution in [-0.2, 0) is 0 Å². The first kappa shape index (κ1) is 14.9. The van der Waals surface area contributed by atoms with Crippen molar-refractivity contribution in [3.63, 3.8) is 0 Å². The molecule has 1 amide bonds. The molecule has 0 aromatic heterocycles. The van der Waals surface area contributed by atoms with Crippen LogP contribution < -0.4 is 5.32 Å². The molecule has 1 aliphatic carbocycles. The van der Waals surface area contributed by atoms with E-state index in [0.717, 1.165) is 19.3 Å². The molecule has 104 valence electrons. The number of carbonyl (C=O) groups is 1. The molecule has 1 N–H and O–H groups in total. The van der Waals surface area contributed by atoms with Crippen LogP contribution in [0.25, 0.3) is 0 Å². The van der Waals surface area contributed by atoms with Gasteiger partial charge in [0.15, 0.2) is 0 Å². The molecule has 2 rings (SSSR count). The molecule has 1 fully saturated rings. The Morgan fingerprint density at radius 2 is 2.16 bits per heavy atom. The smallest absolute Gasteiger partial charge is 0.252 e. The van der Waals surface area contributed by atoms with Crippen LogP contribution in [0, 0.1) is 5.82 Å². The fourth-order valence-electron chi connectivity index (χ4n) is 2.46. The average molecular weight is 346 g/mol. The molecule has 0 heterocycles. The summed E-state index contributed by atoms with van der Waals surface area (Å²) in [6, 6.07) is 4.37. The first-order chi connectivity index (χ1) is 9.11. The number of rotatable bonds is 3. The normalized spacial score (nSPS) is 23.1. The third-order valence-electron chi connectivity index (χ3n) is 3.50. The third kappa shape index (κ3) is 3.72. The lowest BCUT2D eigenvalue weighted by Crippen LogP contribution is -2.43. The van der Waals surface area contributed by atoms with Gasteiger partial charge < -0.3 is 5.32 Å². The van der Waals surface area contributed by atoms with Gasteiger partial charge in [-0.25, -0.2) is 4.39 Å². The largest absolute Gasteiger partial charge is 0.348 e. The highest BCUT2D eigenvalue weighted by molar-refractivity contribution is 9.10. The summed E-state index contributed by atoms with van der Waals surface area (Å²) in [5, 5.41) is 3.57. The van der Waals surface area contributed by atoms with Gasteiger partial charge in [-0.1, -0.05) is 12.8 Å². The maximum atomic E-state index is 13.0. The third-order valence-corrected chi connectivity index (χ3v) is 5.32. The molecular formula is C14H17BrFNOS. The lowest BCUT2D eigenvalue weighted by atomic mass is 9.94. The van der Waals surface area contributed by atoms with E-state index in [1.54, 1.807) is 0 Å². The number of amides is 1. The number of benzene rings is 1. The van der Waals surface area contributed by atoms with E-state index in [-0.39, 0.29) is 17.8 Å². The van der Waals surface area contributed by atoms with Crippen LogP contribution in [0.5, 0.6) is 0 Å². The molecule has 1 saturated carbocycles. The highest BCUT2D eigenvalue weighted by Gasteiger charge is 2.26. The number of carbonyl (C=O) groups excluding carboxylic acids is 1. The Bertz CT molecular complexity index is 469. The zero-order chi connectivity index (χ0) is 13.8. The molecule has 2 unspecified atom stereocenters. The number of hydrogen-bond donors (Lipinski definition) is 1. The zero-order valence-corrected chi connectivity index (χ0v) is 13.2. The fraction of sp³-hybridized carbons (Fsp3) is 0.500. The van der Waals surface area contributed by atoms with E-state index in [0.29, 0.717) is 15.3 Å². The Hall–Kier alpha value is -0.550. The van der Waals surface area contributed by atoms with Crippen molar-refractivity contribution in [3.05, 3.63) is 34.1 Å². The van der Waals surface area contributed by atoms with Crippen molar-refractivity contribution in [2.24, 2.45) is 0 Å². The van der Waals surface area contributed by atoms with E-state index < -0.39 is 0 Å². The van der Waals surface area contributed by atoms with Crippen LogP contribution >= 0.6 is 27.7 Å². The van der Waals surface area contributed by atoms with Gasteiger partial charge in [0.2, 0.25) is 0 Å². The highest BCUT2D eigenvalue weighted by atomic mass is 79.9. The van der Waals surface area contributed by atoms with Gasteiger partial charge in [-0.05, 0) is 53.2 Å². The molecule has 1 aliphatic rings. The minimum absolute atomic E-state index is 0.127. The molecular weight excluding hydrogens is 329 g/mol. The quantitative estimate of drug-likeness (QED) is 0.897. The summed E-state index contributed by atoms with van der Waals surface area (Å²) in [6.45, 7) is 0. The first-order valence-corrected chi connectivity index (χ1v) is 8.48. The second-order valence-corrected chi connectivity index (χ2v) is 6.69. The van der Waals surface area contributed by atoms with Gasteiger partial charge in [0.25, 0.3) is 5.91 Å². The summed E-state index contributed by atoms with van der Waals surface area (Å²) in [7, 11) is 0. The standard InChI is InChI=1S/C14H17BrFNOS/c1-19-13-5-3-2-4-12(13)17-14(18)10-7-6-9(16)8-11(10)15/h6-8,12-13H,2-5H2,1H3,(H,17,18). The Labute approximate surface area is 125 Å². The molecule has 1 aromatic carbocycles. The van der Waals surface area contributed by atoms with Crippen LogP contribution in [0.3, 0.4) is 0 Å². The topological polar surface area (TPSA) is 29.1 Å². The molecule has 1 aromatic rings. The van der Waals surface area contributed by atoms with Crippen molar-refractivity contribution in [1.29, 1.82) is 0 Å². The van der Waals surface area contributed by atoms with Crippen molar-refractivity contribution in [2.45, 2.75) is 37.0 Å². The van der Waals surface area contributed by atoms with Crippen molar-refractivity contribution in [2.75, 3.05) is 6.26 Å². The van der Waals surface area contributed by atoms with E-state index >= 15 is 0 Å². The van der Waals surface area contributed by atoms with E-state index in [4.69, 9.17) is 0 Å².